The maximum absolute atomic E-state index is 6.35. The molecule has 0 atom stereocenters. The average Bonchev–Trinajstić information content (AvgIpc) is 2.96. The van der Waals surface area contributed by atoms with Gasteiger partial charge in [0.15, 0.2) is 0 Å². The number of aromatic nitrogens is 3. The van der Waals surface area contributed by atoms with E-state index in [1.165, 1.54) is 0 Å². The second-order valence-electron chi connectivity index (χ2n) is 5.25. The Labute approximate surface area is 152 Å². The topological polar surface area (TPSA) is 50.8 Å². The van der Waals surface area contributed by atoms with Gasteiger partial charge in [-0.15, -0.1) is 0 Å². The summed E-state index contributed by atoms with van der Waals surface area (Å²) in [6, 6.07) is 11.0. The van der Waals surface area contributed by atoms with Crippen LogP contribution in [0, 0.1) is 0 Å². The molecule has 2 heterocycles. The van der Waals surface area contributed by atoms with Crippen LogP contribution in [-0.2, 0) is 0 Å². The molecule has 24 heavy (non-hydrogen) atoms. The average molecular weight is 379 g/mol. The molecule has 2 aromatic carbocycles. The van der Waals surface area contributed by atoms with Gasteiger partial charge in [0.25, 0.3) is 0 Å². The van der Waals surface area contributed by atoms with Gasteiger partial charge in [0.2, 0.25) is 0 Å². The minimum Gasteiger partial charge on any atom is -0.497 e. The number of H-pyrrole nitrogens is 1. The molecule has 4 rings (SSSR count). The number of aromatic amines is 1. The number of imidazole rings is 1. The lowest BCUT2D eigenvalue weighted by Crippen LogP contribution is -1.89. The monoisotopic (exact) mass is 377 g/mol. The molecule has 7 heteroatoms. The van der Waals surface area contributed by atoms with E-state index in [0.29, 0.717) is 32.1 Å². The van der Waals surface area contributed by atoms with Crippen molar-refractivity contribution < 1.29 is 4.74 Å². The van der Waals surface area contributed by atoms with Crippen molar-refractivity contribution in [3.05, 3.63) is 51.6 Å². The van der Waals surface area contributed by atoms with Crippen molar-refractivity contribution in [3.8, 4) is 17.1 Å². The van der Waals surface area contributed by atoms with Crippen LogP contribution in [0.3, 0.4) is 0 Å². The molecular formula is C17H10Cl3N3O. The summed E-state index contributed by atoms with van der Waals surface area (Å²) in [5.74, 6) is 1.35. The third kappa shape index (κ3) is 2.57. The normalized spacial score (nSPS) is 11.3. The van der Waals surface area contributed by atoms with Gasteiger partial charge in [0.1, 0.15) is 16.7 Å². The van der Waals surface area contributed by atoms with Gasteiger partial charge in [0.05, 0.1) is 39.3 Å². The molecule has 0 amide bonds. The third-order valence-corrected chi connectivity index (χ3v) is 4.76. The van der Waals surface area contributed by atoms with Crippen LogP contribution < -0.4 is 4.74 Å². The van der Waals surface area contributed by atoms with E-state index < -0.39 is 0 Å². The molecule has 0 aliphatic carbocycles. The number of hydrogen-bond acceptors (Lipinski definition) is 3. The van der Waals surface area contributed by atoms with Gasteiger partial charge in [-0.25, -0.2) is 9.97 Å². The van der Waals surface area contributed by atoms with E-state index in [-0.39, 0.29) is 0 Å². The Balaban J connectivity index is 1.93. The largest absolute Gasteiger partial charge is 0.497 e. The van der Waals surface area contributed by atoms with E-state index in [1.807, 2.05) is 24.3 Å². The fraction of sp³-hybridized carbons (Fsp3) is 0.0588. The Morgan fingerprint density at radius 3 is 2.50 bits per heavy atom. The fourth-order valence-corrected chi connectivity index (χ4v) is 3.11. The van der Waals surface area contributed by atoms with E-state index in [1.54, 1.807) is 19.2 Å². The fourth-order valence-electron chi connectivity index (χ4n) is 2.56. The number of hydrogen-bond donors (Lipinski definition) is 1. The smallest absolute Gasteiger partial charge is 0.141 e. The first kappa shape index (κ1) is 15.5. The first-order chi connectivity index (χ1) is 11.5. The summed E-state index contributed by atoms with van der Waals surface area (Å²) in [4.78, 5) is 12.2. The lowest BCUT2D eigenvalue weighted by atomic mass is 10.1. The van der Waals surface area contributed by atoms with Gasteiger partial charge in [-0.3, -0.25) is 0 Å². The number of halogens is 3. The Morgan fingerprint density at radius 2 is 1.71 bits per heavy atom. The van der Waals surface area contributed by atoms with Gasteiger partial charge in [0, 0.05) is 5.39 Å². The van der Waals surface area contributed by atoms with Crippen LogP contribution in [0.1, 0.15) is 0 Å². The standard InChI is InChI=1S/C17H10Cl3N3O/c1-24-9-2-3-13-8(4-9)5-10(16(20)21-13)17-22-14-6-11(18)12(19)7-15(14)23-17/h2-7H,1H3,(H,22,23). The molecule has 0 spiro atoms. The summed E-state index contributed by atoms with van der Waals surface area (Å²) >= 11 is 18.4. The van der Waals surface area contributed by atoms with Gasteiger partial charge in [-0.05, 0) is 36.4 Å². The highest BCUT2D eigenvalue weighted by molar-refractivity contribution is 6.42. The zero-order valence-electron chi connectivity index (χ0n) is 12.4. The predicted octanol–water partition coefficient (Wildman–Crippen LogP) is 5.75. The highest BCUT2D eigenvalue weighted by atomic mass is 35.5. The maximum Gasteiger partial charge on any atom is 0.141 e. The van der Waals surface area contributed by atoms with E-state index in [0.717, 1.165) is 22.2 Å². The number of pyridine rings is 1. The highest BCUT2D eigenvalue weighted by Crippen LogP contribution is 2.33. The molecule has 120 valence electrons. The van der Waals surface area contributed by atoms with E-state index in [9.17, 15) is 0 Å². The molecule has 0 aliphatic rings. The molecule has 4 nitrogen and oxygen atoms in total. The molecule has 0 radical (unpaired) electrons. The molecular weight excluding hydrogens is 369 g/mol. The van der Waals surface area contributed by atoms with Crippen LogP contribution in [0.25, 0.3) is 33.3 Å². The number of nitrogens with zero attached hydrogens (tertiary/aromatic N) is 2. The number of fused-ring (bicyclic) bond motifs is 2. The van der Waals surface area contributed by atoms with Crippen LogP contribution in [0.2, 0.25) is 15.2 Å². The van der Waals surface area contributed by atoms with Crippen molar-refractivity contribution >= 4 is 56.7 Å². The number of ether oxygens (including phenoxy) is 1. The lowest BCUT2D eigenvalue weighted by Gasteiger charge is -2.05. The van der Waals surface area contributed by atoms with Gasteiger partial charge in [-0.2, -0.15) is 0 Å². The van der Waals surface area contributed by atoms with Gasteiger partial charge < -0.3 is 9.72 Å². The van der Waals surface area contributed by atoms with E-state index >= 15 is 0 Å². The maximum atomic E-state index is 6.35. The zero-order chi connectivity index (χ0) is 16.8. The van der Waals surface area contributed by atoms with E-state index in [4.69, 9.17) is 39.5 Å². The van der Waals surface area contributed by atoms with Crippen LogP contribution in [0.5, 0.6) is 5.75 Å². The number of benzene rings is 2. The summed E-state index contributed by atoms with van der Waals surface area (Å²) in [6.07, 6.45) is 0. The summed E-state index contributed by atoms with van der Waals surface area (Å²) in [6.45, 7) is 0. The first-order valence-electron chi connectivity index (χ1n) is 7.04. The molecule has 1 N–H and O–H groups in total. The number of rotatable bonds is 2. The molecule has 2 aromatic heterocycles. The number of nitrogens with one attached hydrogen (secondary N) is 1. The first-order valence-corrected chi connectivity index (χ1v) is 8.18. The zero-order valence-corrected chi connectivity index (χ0v) is 14.7. The minimum atomic E-state index is 0.365. The molecule has 0 saturated carbocycles. The van der Waals surface area contributed by atoms with Crippen LogP contribution in [-0.4, -0.2) is 22.1 Å². The Kier molecular flexibility index (Phi) is 3.76. The van der Waals surface area contributed by atoms with Crippen molar-refractivity contribution in [1.82, 2.24) is 15.0 Å². The molecule has 0 bridgehead atoms. The van der Waals surface area contributed by atoms with Crippen LogP contribution in [0.15, 0.2) is 36.4 Å². The second-order valence-corrected chi connectivity index (χ2v) is 6.43. The SMILES string of the molecule is COc1ccc2nc(Cl)c(-c3nc4cc(Cl)c(Cl)cc4[nH]3)cc2c1. The molecule has 0 unspecified atom stereocenters. The van der Waals surface area contributed by atoms with Gasteiger partial charge in [-0.1, -0.05) is 34.8 Å². The summed E-state index contributed by atoms with van der Waals surface area (Å²) in [5, 5.41) is 2.19. The summed E-state index contributed by atoms with van der Waals surface area (Å²) < 4.78 is 5.26. The lowest BCUT2D eigenvalue weighted by molar-refractivity contribution is 0.415. The van der Waals surface area contributed by atoms with Crippen molar-refractivity contribution in [2.45, 2.75) is 0 Å². The molecule has 0 aliphatic heterocycles. The Morgan fingerprint density at radius 1 is 0.917 bits per heavy atom. The Hall–Kier alpha value is -2.01. The second kappa shape index (κ2) is 5.81. The van der Waals surface area contributed by atoms with Crippen molar-refractivity contribution in [3.63, 3.8) is 0 Å². The highest BCUT2D eigenvalue weighted by Gasteiger charge is 2.13. The summed E-state index contributed by atoms with van der Waals surface area (Å²) in [7, 11) is 1.62. The van der Waals surface area contributed by atoms with Crippen molar-refractivity contribution in [2.75, 3.05) is 7.11 Å². The molecule has 0 saturated heterocycles. The van der Waals surface area contributed by atoms with Crippen LogP contribution >= 0.6 is 34.8 Å². The predicted molar refractivity (Wildman–Crippen MR) is 98.4 cm³/mol. The van der Waals surface area contributed by atoms with Gasteiger partial charge >= 0.3 is 0 Å². The minimum absolute atomic E-state index is 0.365. The van der Waals surface area contributed by atoms with Crippen LogP contribution in [0.4, 0.5) is 0 Å². The third-order valence-electron chi connectivity index (χ3n) is 3.75. The quantitative estimate of drug-likeness (QED) is 0.452. The van der Waals surface area contributed by atoms with E-state index in [2.05, 4.69) is 15.0 Å². The van der Waals surface area contributed by atoms with Crippen molar-refractivity contribution in [2.24, 2.45) is 0 Å². The number of methoxy groups -OCH3 is 1. The Bertz CT molecular complexity index is 1050. The van der Waals surface area contributed by atoms with Crippen molar-refractivity contribution in [1.29, 1.82) is 0 Å². The summed E-state index contributed by atoms with van der Waals surface area (Å²) in [5.41, 5.74) is 2.97. The molecule has 0 fully saturated rings. The molecule has 4 aromatic rings.